The number of rotatable bonds is 6. The molecule has 0 spiro atoms. The summed E-state index contributed by atoms with van der Waals surface area (Å²) >= 11 is 5.76. The maximum atomic E-state index is 12.4. The fourth-order valence-corrected chi connectivity index (χ4v) is 3.20. The van der Waals surface area contributed by atoms with Gasteiger partial charge in [-0.2, -0.15) is 5.26 Å². The Labute approximate surface area is 173 Å². The van der Waals surface area contributed by atoms with Gasteiger partial charge in [-0.15, -0.1) is 0 Å². The van der Waals surface area contributed by atoms with Crippen molar-refractivity contribution >= 4 is 35.4 Å². The number of ether oxygens (including phenoxy) is 1. The number of carbonyl (C=O) groups is 2. The van der Waals surface area contributed by atoms with E-state index in [4.69, 9.17) is 16.3 Å². The summed E-state index contributed by atoms with van der Waals surface area (Å²) in [4.78, 5) is 28.6. The van der Waals surface area contributed by atoms with Gasteiger partial charge in [-0.3, -0.25) is 4.79 Å². The van der Waals surface area contributed by atoms with E-state index in [0.29, 0.717) is 11.1 Å². The number of hydrogen-bond donors (Lipinski definition) is 1. The molecule has 7 nitrogen and oxygen atoms in total. The van der Waals surface area contributed by atoms with Crippen LogP contribution in [0.3, 0.4) is 0 Å². The third kappa shape index (κ3) is 4.84. The van der Waals surface area contributed by atoms with E-state index in [1.165, 1.54) is 25.3 Å². The highest BCUT2D eigenvalue weighted by Crippen LogP contribution is 2.38. The van der Waals surface area contributed by atoms with Crippen LogP contribution in [0.25, 0.3) is 6.08 Å². The molecule has 0 unspecified atom stereocenters. The van der Waals surface area contributed by atoms with Crippen LogP contribution in [0.1, 0.15) is 42.8 Å². The summed E-state index contributed by atoms with van der Waals surface area (Å²) in [5, 5.41) is 12.4. The van der Waals surface area contributed by atoms with Crippen LogP contribution >= 0.6 is 11.6 Å². The Morgan fingerprint density at radius 1 is 1.41 bits per heavy atom. The first-order chi connectivity index (χ1) is 13.8. The molecular formula is C21H21ClN4O3. The molecule has 1 fully saturated rings. The maximum absolute atomic E-state index is 12.4. The molecule has 0 aromatic carbocycles. The van der Waals surface area contributed by atoms with Gasteiger partial charge in [0.15, 0.2) is 6.10 Å². The Hall–Kier alpha value is -3.11. The number of aryl methyl sites for hydroxylation is 1. The zero-order chi connectivity index (χ0) is 21.1. The van der Waals surface area contributed by atoms with Gasteiger partial charge in [0, 0.05) is 23.6 Å². The zero-order valence-corrected chi connectivity index (χ0v) is 17.2. The lowest BCUT2D eigenvalue weighted by Gasteiger charge is -2.12. The van der Waals surface area contributed by atoms with E-state index in [9.17, 15) is 14.9 Å². The fraction of sp³-hybridized carbons (Fsp3) is 0.333. The average molecular weight is 413 g/mol. The van der Waals surface area contributed by atoms with Gasteiger partial charge in [0.2, 0.25) is 0 Å². The number of nitrogens with zero attached hydrogens (tertiary/aromatic N) is 3. The monoisotopic (exact) mass is 412 g/mol. The summed E-state index contributed by atoms with van der Waals surface area (Å²) in [7, 11) is 0. The molecule has 29 heavy (non-hydrogen) atoms. The second-order valence-corrected chi connectivity index (χ2v) is 7.43. The van der Waals surface area contributed by atoms with Gasteiger partial charge in [-0.1, -0.05) is 11.6 Å². The number of esters is 1. The van der Waals surface area contributed by atoms with Crippen LogP contribution in [0.4, 0.5) is 5.82 Å². The first-order valence-corrected chi connectivity index (χ1v) is 9.61. The van der Waals surface area contributed by atoms with Crippen molar-refractivity contribution < 1.29 is 14.3 Å². The number of amides is 1. The number of carbonyl (C=O) groups excluding carboxylic acids is 2. The number of nitrogens with one attached hydrogen (secondary N) is 1. The van der Waals surface area contributed by atoms with Crippen molar-refractivity contribution in [3.8, 4) is 6.07 Å². The van der Waals surface area contributed by atoms with Crippen molar-refractivity contribution in [3.05, 3.63) is 51.9 Å². The van der Waals surface area contributed by atoms with E-state index in [1.54, 1.807) is 6.07 Å². The number of pyridine rings is 1. The van der Waals surface area contributed by atoms with Gasteiger partial charge in [0.1, 0.15) is 17.5 Å². The lowest BCUT2D eigenvalue weighted by atomic mass is 10.1. The highest BCUT2D eigenvalue weighted by molar-refractivity contribution is 6.30. The van der Waals surface area contributed by atoms with Gasteiger partial charge in [-0.05, 0) is 63.5 Å². The fourth-order valence-electron chi connectivity index (χ4n) is 3.09. The Bertz CT molecular complexity index is 1010. The zero-order valence-electron chi connectivity index (χ0n) is 16.4. The summed E-state index contributed by atoms with van der Waals surface area (Å²) in [6.45, 7) is 5.40. The largest absolute Gasteiger partial charge is 0.448 e. The number of anilines is 1. The molecule has 3 rings (SSSR count). The first kappa shape index (κ1) is 20.6. The first-order valence-electron chi connectivity index (χ1n) is 9.23. The lowest BCUT2D eigenvalue weighted by Crippen LogP contribution is -2.30. The van der Waals surface area contributed by atoms with Crippen molar-refractivity contribution in [2.45, 2.75) is 45.8 Å². The summed E-state index contributed by atoms with van der Waals surface area (Å²) in [5.74, 6) is -1.13. The minimum Gasteiger partial charge on any atom is -0.448 e. The van der Waals surface area contributed by atoms with Gasteiger partial charge in [0.25, 0.3) is 5.91 Å². The van der Waals surface area contributed by atoms with Gasteiger partial charge >= 0.3 is 5.97 Å². The molecule has 1 aliphatic rings. The molecule has 0 radical (unpaired) electrons. The number of halogens is 1. The predicted molar refractivity (Wildman–Crippen MR) is 109 cm³/mol. The van der Waals surface area contributed by atoms with E-state index in [0.717, 1.165) is 29.8 Å². The molecule has 150 valence electrons. The Balaban J connectivity index is 1.68. The molecule has 0 bridgehead atoms. The van der Waals surface area contributed by atoms with Crippen LogP contribution in [0, 0.1) is 25.2 Å². The van der Waals surface area contributed by atoms with Gasteiger partial charge < -0.3 is 14.6 Å². The van der Waals surface area contributed by atoms with Crippen LogP contribution in [0.2, 0.25) is 5.02 Å². The lowest BCUT2D eigenvalue weighted by molar-refractivity contribution is -0.148. The maximum Gasteiger partial charge on any atom is 0.349 e. The number of hydrogen-bond acceptors (Lipinski definition) is 5. The molecule has 8 heteroatoms. The van der Waals surface area contributed by atoms with E-state index < -0.39 is 18.0 Å². The van der Waals surface area contributed by atoms with Crippen LogP contribution in [0.5, 0.6) is 0 Å². The molecule has 0 saturated heterocycles. The predicted octanol–water partition coefficient (Wildman–Crippen LogP) is 3.97. The van der Waals surface area contributed by atoms with Gasteiger partial charge in [-0.25, -0.2) is 9.78 Å². The topological polar surface area (TPSA) is 97.0 Å². The minimum atomic E-state index is -1.10. The van der Waals surface area contributed by atoms with E-state index >= 15 is 0 Å². The van der Waals surface area contributed by atoms with Crippen molar-refractivity contribution in [3.63, 3.8) is 0 Å². The second-order valence-electron chi connectivity index (χ2n) is 7.00. The third-order valence-corrected chi connectivity index (χ3v) is 4.93. The van der Waals surface area contributed by atoms with E-state index in [1.807, 2.05) is 26.0 Å². The molecule has 1 N–H and O–H groups in total. The Kier molecular flexibility index (Phi) is 6.04. The van der Waals surface area contributed by atoms with Crippen LogP contribution in [-0.4, -0.2) is 27.5 Å². The highest BCUT2D eigenvalue weighted by Gasteiger charge is 2.27. The normalized spacial score (nSPS) is 14.8. The molecule has 1 atom stereocenters. The summed E-state index contributed by atoms with van der Waals surface area (Å²) in [6.07, 6.45) is 4.08. The van der Waals surface area contributed by atoms with Crippen molar-refractivity contribution in [1.82, 2.24) is 9.55 Å². The summed E-state index contributed by atoms with van der Waals surface area (Å²) in [6, 6.07) is 7.43. The quantitative estimate of drug-likeness (QED) is 0.440. The molecule has 2 aromatic heterocycles. The van der Waals surface area contributed by atoms with E-state index in [2.05, 4.69) is 14.9 Å². The highest BCUT2D eigenvalue weighted by atomic mass is 35.5. The molecule has 1 amide bonds. The average Bonchev–Trinajstić information content (AvgIpc) is 3.47. The molecule has 2 heterocycles. The van der Waals surface area contributed by atoms with Crippen molar-refractivity contribution in [1.29, 1.82) is 5.26 Å². The van der Waals surface area contributed by atoms with E-state index in [-0.39, 0.29) is 11.4 Å². The van der Waals surface area contributed by atoms with Crippen LogP contribution in [-0.2, 0) is 14.3 Å². The summed E-state index contributed by atoms with van der Waals surface area (Å²) in [5.41, 5.74) is 2.73. The Morgan fingerprint density at radius 2 is 2.14 bits per heavy atom. The second kappa shape index (κ2) is 8.50. The number of aromatic nitrogens is 2. The smallest absolute Gasteiger partial charge is 0.349 e. The molecule has 1 saturated carbocycles. The van der Waals surface area contributed by atoms with Gasteiger partial charge in [0.05, 0.1) is 5.02 Å². The third-order valence-electron chi connectivity index (χ3n) is 4.71. The van der Waals surface area contributed by atoms with Crippen LogP contribution in [0.15, 0.2) is 30.0 Å². The Morgan fingerprint density at radius 3 is 2.72 bits per heavy atom. The number of nitriles is 1. The minimum absolute atomic E-state index is 0.162. The SMILES string of the molecule is Cc1cc(/C=C(\C#N)C(=O)O[C@H](C)C(=O)Nc2ccc(Cl)cn2)c(C)n1C1CC1. The van der Waals surface area contributed by atoms with Crippen molar-refractivity contribution in [2.75, 3.05) is 5.32 Å². The molecular weight excluding hydrogens is 392 g/mol. The molecule has 1 aliphatic carbocycles. The summed E-state index contributed by atoms with van der Waals surface area (Å²) < 4.78 is 7.39. The van der Waals surface area contributed by atoms with Crippen molar-refractivity contribution in [2.24, 2.45) is 0 Å². The standard InChI is InChI=1S/C21H21ClN4O3/c1-12-8-15(13(2)26(12)18-5-6-18)9-16(10-23)21(28)29-14(3)20(27)25-19-7-4-17(22)11-24-19/h4,7-9,11,14,18H,5-6H2,1-3H3,(H,24,25,27)/b16-9+/t14-/m1/s1. The molecule has 2 aromatic rings. The molecule has 0 aliphatic heterocycles. The van der Waals surface area contributed by atoms with Crippen LogP contribution < -0.4 is 5.32 Å².